The van der Waals surface area contributed by atoms with Crippen LogP contribution in [0.4, 0.5) is 15.9 Å². The smallest absolute Gasteiger partial charge is 0.295 e. The summed E-state index contributed by atoms with van der Waals surface area (Å²) in [4.78, 5) is 28.7. The molecule has 4 aromatic rings. The van der Waals surface area contributed by atoms with Gasteiger partial charge >= 0.3 is 0 Å². The van der Waals surface area contributed by atoms with Gasteiger partial charge in [0.25, 0.3) is 11.5 Å². The van der Waals surface area contributed by atoms with Crippen molar-refractivity contribution < 1.29 is 9.18 Å². The van der Waals surface area contributed by atoms with Gasteiger partial charge in [0.1, 0.15) is 22.9 Å². The van der Waals surface area contributed by atoms with Gasteiger partial charge in [-0.25, -0.2) is 13.9 Å². The SMILES string of the molecule is Cc1cc(Nc2ccnn(-c3ccc(F)cc3)c2=O)nc2c(C(N)=O)cnn12. The Bertz CT molecular complexity index is 1260. The number of aryl methyl sites for hydroxylation is 1. The number of benzene rings is 1. The van der Waals surface area contributed by atoms with Gasteiger partial charge in [0.05, 0.1) is 18.1 Å². The van der Waals surface area contributed by atoms with E-state index in [1.165, 1.54) is 47.2 Å². The first-order valence-corrected chi connectivity index (χ1v) is 8.20. The molecule has 0 spiro atoms. The number of aromatic nitrogens is 5. The molecule has 140 valence electrons. The van der Waals surface area contributed by atoms with E-state index in [9.17, 15) is 14.0 Å². The molecule has 3 N–H and O–H groups in total. The van der Waals surface area contributed by atoms with E-state index in [0.29, 0.717) is 17.2 Å². The molecule has 0 radical (unpaired) electrons. The van der Waals surface area contributed by atoms with E-state index in [2.05, 4.69) is 20.5 Å². The Balaban J connectivity index is 1.76. The van der Waals surface area contributed by atoms with Gasteiger partial charge < -0.3 is 11.1 Å². The number of amides is 1. The molecule has 3 aromatic heterocycles. The molecule has 0 aliphatic heterocycles. The first-order valence-electron chi connectivity index (χ1n) is 8.20. The Kier molecular flexibility index (Phi) is 4.07. The number of rotatable bonds is 4. The minimum absolute atomic E-state index is 0.171. The summed E-state index contributed by atoms with van der Waals surface area (Å²) in [6, 6.07) is 8.56. The predicted octanol–water partition coefficient (Wildman–Crippen LogP) is 1.57. The number of primary amides is 1. The Morgan fingerprint density at radius 2 is 1.93 bits per heavy atom. The number of hydrogen-bond acceptors (Lipinski definition) is 6. The number of carbonyl (C=O) groups excluding carboxylic acids is 1. The third kappa shape index (κ3) is 2.96. The third-order valence-corrected chi connectivity index (χ3v) is 4.10. The van der Waals surface area contributed by atoms with Crippen molar-refractivity contribution in [1.82, 2.24) is 24.4 Å². The minimum atomic E-state index is -0.651. The standard InChI is InChI=1S/C18H14FN7O2/c1-10-8-15(24-17-13(16(20)27)9-22-25(10)17)23-14-6-7-21-26(18(14)28)12-4-2-11(19)3-5-12/h2-9H,1H3,(H2,20,27)(H,23,24). The minimum Gasteiger partial charge on any atom is -0.365 e. The average Bonchev–Trinajstić information content (AvgIpc) is 3.09. The number of anilines is 2. The molecule has 0 aliphatic rings. The zero-order chi connectivity index (χ0) is 19.8. The molecule has 9 nitrogen and oxygen atoms in total. The summed E-state index contributed by atoms with van der Waals surface area (Å²) in [6.45, 7) is 1.78. The van der Waals surface area contributed by atoms with Crippen LogP contribution >= 0.6 is 0 Å². The second kappa shape index (κ2) is 6.58. The molecule has 0 fully saturated rings. The summed E-state index contributed by atoms with van der Waals surface area (Å²) in [5.41, 5.74) is 6.67. The summed E-state index contributed by atoms with van der Waals surface area (Å²) in [7, 11) is 0. The number of carbonyl (C=O) groups is 1. The molecule has 4 rings (SSSR count). The Morgan fingerprint density at radius 1 is 1.18 bits per heavy atom. The molecule has 10 heteroatoms. The topological polar surface area (TPSA) is 120 Å². The number of nitrogens with zero attached hydrogens (tertiary/aromatic N) is 5. The highest BCUT2D eigenvalue weighted by molar-refractivity contribution is 5.98. The van der Waals surface area contributed by atoms with Gasteiger partial charge in [-0.15, -0.1) is 0 Å². The van der Waals surface area contributed by atoms with E-state index in [0.717, 1.165) is 4.68 Å². The predicted molar refractivity (Wildman–Crippen MR) is 99.3 cm³/mol. The summed E-state index contributed by atoms with van der Waals surface area (Å²) in [5, 5.41) is 11.0. The fourth-order valence-electron chi connectivity index (χ4n) is 2.76. The molecule has 0 aliphatic carbocycles. The van der Waals surface area contributed by atoms with Crippen LogP contribution in [0.3, 0.4) is 0 Å². The Hall–Kier alpha value is -4.08. The lowest BCUT2D eigenvalue weighted by Crippen LogP contribution is -2.23. The lowest BCUT2D eigenvalue weighted by Gasteiger charge is -2.10. The molecule has 0 unspecified atom stereocenters. The van der Waals surface area contributed by atoms with E-state index >= 15 is 0 Å². The van der Waals surface area contributed by atoms with Crippen LogP contribution in [0.5, 0.6) is 0 Å². The molecule has 1 amide bonds. The van der Waals surface area contributed by atoms with Crippen molar-refractivity contribution >= 4 is 23.1 Å². The van der Waals surface area contributed by atoms with Crippen LogP contribution in [-0.2, 0) is 0 Å². The van der Waals surface area contributed by atoms with Crippen molar-refractivity contribution in [2.24, 2.45) is 5.73 Å². The second-order valence-electron chi connectivity index (χ2n) is 6.00. The van der Waals surface area contributed by atoms with Gasteiger partial charge in [-0.3, -0.25) is 9.59 Å². The van der Waals surface area contributed by atoms with E-state index in [4.69, 9.17) is 5.73 Å². The van der Waals surface area contributed by atoms with Crippen LogP contribution in [0, 0.1) is 12.7 Å². The molecule has 1 aromatic carbocycles. The largest absolute Gasteiger partial charge is 0.365 e. The van der Waals surface area contributed by atoms with E-state index in [1.54, 1.807) is 13.0 Å². The van der Waals surface area contributed by atoms with Gasteiger partial charge in [-0.1, -0.05) is 0 Å². The second-order valence-corrected chi connectivity index (χ2v) is 6.00. The van der Waals surface area contributed by atoms with Crippen molar-refractivity contribution in [3.8, 4) is 5.69 Å². The van der Waals surface area contributed by atoms with Crippen molar-refractivity contribution in [2.45, 2.75) is 6.92 Å². The molecule has 0 saturated heterocycles. The lowest BCUT2D eigenvalue weighted by atomic mass is 10.3. The zero-order valence-corrected chi connectivity index (χ0v) is 14.6. The number of hydrogen-bond donors (Lipinski definition) is 2. The summed E-state index contributed by atoms with van der Waals surface area (Å²) >= 11 is 0. The zero-order valence-electron chi connectivity index (χ0n) is 14.6. The van der Waals surface area contributed by atoms with E-state index in [1.807, 2.05) is 0 Å². The monoisotopic (exact) mass is 379 g/mol. The maximum absolute atomic E-state index is 13.1. The molecule has 0 bridgehead atoms. The molecule has 0 atom stereocenters. The van der Waals surface area contributed by atoms with Crippen molar-refractivity contribution in [1.29, 1.82) is 0 Å². The summed E-state index contributed by atoms with van der Waals surface area (Å²) in [5.74, 6) is -0.728. The van der Waals surface area contributed by atoms with Crippen molar-refractivity contribution in [2.75, 3.05) is 5.32 Å². The molecule has 28 heavy (non-hydrogen) atoms. The van der Waals surface area contributed by atoms with Crippen LogP contribution in [0.2, 0.25) is 0 Å². The normalized spacial score (nSPS) is 10.9. The molecular weight excluding hydrogens is 365 g/mol. The van der Waals surface area contributed by atoms with Gasteiger partial charge in [0.15, 0.2) is 5.65 Å². The van der Waals surface area contributed by atoms with Crippen LogP contribution in [0.25, 0.3) is 11.3 Å². The van der Waals surface area contributed by atoms with Gasteiger partial charge in [-0.05, 0) is 37.3 Å². The fraction of sp³-hybridized carbons (Fsp3) is 0.0556. The highest BCUT2D eigenvalue weighted by Crippen LogP contribution is 2.17. The average molecular weight is 379 g/mol. The van der Waals surface area contributed by atoms with Gasteiger partial charge in [0, 0.05) is 11.8 Å². The van der Waals surface area contributed by atoms with Gasteiger partial charge in [0.2, 0.25) is 0 Å². The number of nitrogens with one attached hydrogen (secondary N) is 1. The molecule has 0 saturated carbocycles. The Morgan fingerprint density at radius 3 is 2.64 bits per heavy atom. The first kappa shape index (κ1) is 17.3. The summed E-state index contributed by atoms with van der Waals surface area (Å²) in [6.07, 6.45) is 2.78. The lowest BCUT2D eigenvalue weighted by molar-refractivity contribution is 0.100. The first-order chi connectivity index (χ1) is 13.4. The summed E-state index contributed by atoms with van der Waals surface area (Å²) < 4.78 is 15.8. The quantitative estimate of drug-likeness (QED) is 0.555. The Labute approximate surface area is 157 Å². The maximum Gasteiger partial charge on any atom is 0.295 e. The molecule has 3 heterocycles. The number of halogens is 1. The van der Waals surface area contributed by atoms with Crippen LogP contribution in [0.15, 0.2) is 53.6 Å². The maximum atomic E-state index is 13.1. The highest BCUT2D eigenvalue weighted by Gasteiger charge is 2.14. The fourth-order valence-corrected chi connectivity index (χ4v) is 2.76. The highest BCUT2D eigenvalue weighted by atomic mass is 19.1. The van der Waals surface area contributed by atoms with Crippen molar-refractivity contribution in [3.63, 3.8) is 0 Å². The van der Waals surface area contributed by atoms with Crippen LogP contribution in [0.1, 0.15) is 16.1 Å². The number of fused-ring (bicyclic) bond motifs is 1. The van der Waals surface area contributed by atoms with Gasteiger partial charge in [-0.2, -0.15) is 14.9 Å². The number of nitrogens with two attached hydrogens (primary N) is 1. The molecular formula is C18H14FN7O2. The third-order valence-electron chi connectivity index (χ3n) is 4.10. The van der Waals surface area contributed by atoms with Crippen molar-refractivity contribution in [3.05, 3.63) is 76.2 Å². The van der Waals surface area contributed by atoms with Crippen LogP contribution in [-0.4, -0.2) is 30.3 Å². The van der Waals surface area contributed by atoms with E-state index in [-0.39, 0.29) is 16.9 Å². The van der Waals surface area contributed by atoms with Crippen LogP contribution < -0.4 is 16.6 Å². The van der Waals surface area contributed by atoms with E-state index < -0.39 is 17.3 Å².